The highest BCUT2D eigenvalue weighted by Gasteiger charge is 2.23. The molecule has 0 saturated carbocycles. The molecular weight excluding hydrogens is 325 g/mol. The molecule has 3 aromatic rings. The van der Waals surface area contributed by atoms with E-state index in [1.165, 1.54) is 30.6 Å². The fourth-order valence-corrected chi connectivity index (χ4v) is 3.26. The summed E-state index contributed by atoms with van der Waals surface area (Å²) in [4.78, 5) is 15.4. The monoisotopic (exact) mass is 341 g/mol. The molecule has 1 atom stereocenters. The number of pyridine rings is 1. The Kier molecular flexibility index (Phi) is 3.93. The summed E-state index contributed by atoms with van der Waals surface area (Å²) in [5, 5.41) is 14.7. The van der Waals surface area contributed by atoms with Crippen LogP contribution in [0.1, 0.15) is 34.1 Å². The maximum atomic E-state index is 13.8. The fourth-order valence-electron chi connectivity index (χ4n) is 3.26. The summed E-state index contributed by atoms with van der Waals surface area (Å²) in [6.45, 7) is 1.25. The number of hydrogen-bond donors (Lipinski definition) is 1. The van der Waals surface area contributed by atoms with Crippen molar-refractivity contribution in [3.8, 4) is 0 Å². The van der Waals surface area contributed by atoms with Gasteiger partial charge in [-0.15, -0.1) is 0 Å². The van der Waals surface area contributed by atoms with E-state index in [4.69, 9.17) is 4.74 Å². The van der Waals surface area contributed by atoms with Gasteiger partial charge in [-0.1, -0.05) is 0 Å². The lowest BCUT2D eigenvalue weighted by molar-refractivity contribution is 0.0695. The van der Waals surface area contributed by atoms with Gasteiger partial charge in [-0.25, -0.2) is 9.18 Å². The highest BCUT2D eigenvalue weighted by Crippen LogP contribution is 2.28. The molecule has 1 saturated heterocycles. The Morgan fingerprint density at radius 2 is 2.28 bits per heavy atom. The topological polar surface area (TPSA) is 77.2 Å². The molecule has 7 heteroatoms. The number of aromatic carboxylic acids is 1. The molecule has 3 heterocycles. The van der Waals surface area contributed by atoms with Crippen molar-refractivity contribution in [2.24, 2.45) is 0 Å². The summed E-state index contributed by atoms with van der Waals surface area (Å²) in [5.74, 6) is -1.36. The largest absolute Gasteiger partial charge is 0.478 e. The molecule has 0 spiro atoms. The third-order valence-corrected chi connectivity index (χ3v) is 4.49. The molecule has 1 aliphatic rings. The Hall–Kier alpha value is -2.80. The Morgan fingerprint density at radius 1 is 1.40 bits per heavy atom. The van der Waals surface area contributed by atoms with E-state index in [1.807, 2.05) is 4.68 Å². The van der Waals surface area contributed by atoms with E-state index in [9.17, 15) is 14.3 Å². The smallest absolute Gasteiger partial charge is 0.336 e. The molecule has 1 fully saturated rings. The molecule has 6 nitrogen and oxygen atoms in total. The summed E-state index contributed by atoms with van der Waals surface area (Å²) in [6.07, 6.45) is 4.09. The van der Waals surface area contributed by atoms with E-state index in [1.54, 1.807) is 6.07 Å². The van der Waals surface area contributed by atoms with E-state index in [0.29, 0.717) is 29.9 Å². The van der Waals surface area contributed by atoms with Gasteiger partial charge >= 0.3 is 5.97 Å². The first-order chi connectivity index (χ1) is 12.1. The van der Waals surface area contributed by atoms with Gasteiger partial charge in [-0.3, -0.25) is 9.67 Å². The zero-order chi connectivity index (χ0) is 17.4. The third-order valence-electron chi connectivity index (χ3n) is 4.49. The van der Waals surface area contributed by atoms with Gasteiger partial charge in [-0.2, -0.15) is 5.10 Å². The molecule has 1 aliphatic heterocycles. The van der Waals surface area contributed by atoms with Gasteiger partial charge in [0, 0.05) is 30.8 Å². The van der Waals surface area contributed by atoms with Crippen LogP contribution in [0.15, 0.2) is 36.7 Å². The summed E-state index contributed by atoms with van der Waals surface area (Å²) < 4.78 is 21.1. The highest BCUT2D eigenvalue weighted by atomic mass is 19.1. The molecule has 25 heavy (non-hydrogen) atoms. The Morgan fingerprint density at radius 3 is 3.04 bits per heavy atom. The van der Waals surface area contributed by atoms with Crippen LogP contribution in [0.25, 0.3) is 10.9 Å². The molecule has 128 valence electrons. The predicted octanol–water partition coefficient (Wildman–Crippen LogP) is 2.82. The number of carboxylic acids is 1. The number of fused-ring (bicyclic) bond motifs is 1. The number of halogens is 1. The van der Waals surface area contributed by atoms with Crippen LogP contribution >= 0.6 is 0 Å². The second-order valence-electron chi connectivity index (χ2n) is 6.08. The third kappa shape index (κ3) is 2.87. The van der Waals surface area contributed by atoms with E-state index in [2.05, 4.69) is 10.1 Å². The lowest BCUT2D eigenvalue weighted by Crippen LogP contribution is -2.11. The molecule has 1 aromatic carbocycles. The lowest BCUT2D eigenvalue weighted by Gasteiger charge is -2.09. The van der Waals surface area contributed by atoms with Gasteiger partial charge in [0.15, 0.2) is 0 Å². The van der Waals surface area contributed by atoms with Crippen molar-refractivity contribution in [2.45, 2.75) is 18.9 Å². The standard InChI is InChI=1S/C18H16FN3O3/c19-12-1-2-17-15(8-12)16(21-22(17)13-4-6-25-10-13)7-11-9-20-5-3-14(11)18(23)24/h1-3,5,8-9,13H,4,6-7,10H2,(H,23,24)/t13-/m0/s1. The second-order valence-corrected chi connectivity index (χ2v) is 6.08. The number of nitrogens with zero attached hydrogens (tertiary/aromatic N) is 3. The summed E-state index contributed by atoms with van der Waals surface area (Å²) >= 11 is 0. The van der Waals surface area contributed by atoms with Gasteiger partial charge in [0.25, 0.3) is 0 Å². The van der Waals surface area contributed by atoms with Crippen molar-refractivity contribution >= 4 is 16.9 Å². The number of benzene rings is 1. The van der Waals surface area contributed by atoms with Crippen molar-refractivity contribution in [2.75, 3.05) is 13.2 Å². The lowest BCUT2D eigenvalue weighted by atomic mass is 10.0. The molecule has 0 aliphatic carbocycles. The average Bonchev–Trinajstić information content (AvgIpc) is 3.23. The summed E-state index contributed by atoms with van der Waals surface area (Å²) in [7, 11) is 0. The zero-order valence-corrected chi connectivity index (χ0v) is 13.4. The Balaban J connectivity index is 1.82. The van der Waals surface area contributed by atoms with Crippen LogP contribution < -0.4 is 0 Å². The van der Waals surface area contributed by atoms with Crippen LogP contribution in [0.4, 0.5) is 4.39 Å². The van der Waals surface area contributed by atoms with E-state index < -0.39 is 5.97 Å². The van der Waals surface area contributed by atoms with Gasteiger partial charge < -0.3 is 9.84 Å². The number of carbonyl (C=O) groups is 1. The fraction of sp³-hybridized carbons (Fsp3) is 0.278. The zero-order valence-electron chi connectivity index (χ0n) is 13.4. The summed E-state index contributed by atoms with van der Waals surface area (Å²) in [5.41, 5.74) is 2.19. The van der Waals surface area contributed by atoms with Crippen LogP contribution in [-0.4, -0.2) is 39.1 Å². The van der Waals surface area contributed by atoms with Gasteiger partial charge in [0.05, 0.1) is 29.4 Å². The van der Waals surface area contributed by atoms with Crippen LogP contribution in [0, 0.1) is 5.82 Å². The van der Waals surface area contributed by atoms with E-state index in [0.717, 1.165) is 11.9 Å². The molecule has 0 unspecified atom stereocenters. The van der Waals surface area contributed by atoms with E-state index in [-0.39, 0.29) is 23.8 Å². The first-order valence-electron chi connectivity index (χ1n) is 8.04. The Labute approximate surface area is 142 Å². The highest BCUT2D eigenvalue weighted by molar-refractivity contribution is 5.89. The first kappa shape index (κ1) is 15.7. The second kappa shape index (κ2) is 6.25. The molecular formula is C18H16FN3O3. The minimum absolute atomic E-state index is 0.106. The van der Waals surface area contributed by atoms with E-state index >= 15 is 0 Å². The normalized spacial score (nSPS) is 17.2. The van der Waals surface area contributed by atoms with Gasteiger partial charge in [-0.05, 0) is 36.2 Å². The number of aromatic nitrogens is 3. The minimum atomic E-state index is -1.02. The maximum Gasteiger partial charge on any atom is 0.336 e. The molecule has 4 rings (SSSR count). The van der Waals surface area contributed by atoms with Gasteiger partial charge in [0.1, 0.15) is 5.82 Å². The predicted molar refractivity (Wildman–Crippen MR) is 88.2 cm³/mol. The number of ether oxygens (including phenoxy) is 1. The van der Waals surface area contributed by atoms with Crippen LogP contribution in [0.2, 0.25) is 0 Å². The molecule has 1 N–H and O–H groups in total. The van der Waals surface area contributed by atoms with Crippen molar-refractivity contribution in [3.05, 3.63) is 59.3 Å². The van der Waals surface area contributed by atoms with Crippen LogP contribution in [0.3, 0.4) is 0 Å². The quantitative estimate of drug-likeness (QED) is 0.789. The molecule has 0 radical (unpaired) electrons. The van der Waals surface area contributed by atoms with Crippen molar-refractivity contribution < 1.29 is 19.0 Å². The number of carboxylic acid groups (broad SMARTS) is 1. The number of hydrogen-bond acceptors (Lipinski definition) is 4. The maximum absolute atomic E-state index is 13.8. The molecule has 0 bridgehead atoms. The van der Waals surface area contributed by atoms with Gasteiger partial charge in [0.2, 0.25) is 0 Å². The Bertz CT molecular complexity index is 948. The summed E-state index contributed by atoms with van der Waals surface area (Å²) in [6, 6.07) is 6.13. The van der Waals surface area contributed by atoms with Crippen molar-refractivity contribution in [1.29, 1.82) is 0 Å². The molecule has 0 amide bonds. The molecule has 2 aromatic heterocycles. The van der Waals surface area contributed by atoms with Crippen molar-refractivity contribution in [1.82, 2.24) is 14.8 Å². The van der Waals surface area contributed by atoms with Crippen molar-refractivity contribution in [3.63, 3.8) is 0 Å². The number of rotatable bonds is 4. The SMILES string of the molecule is O=C(O)c1ccncc1Cc1nn([C@H]2CCOC2)c2ccc(F)cc12. The average molecular weight is 341 g/mol. The minimum Gasteiger partial charge on any atom is -0.478 e. The van der Waals surface area contributed by atoms with Crippen LogP contribution in [-0.2, 0) is 11.2 Å². The van der Waals surface area contributed by atoms with Crippen LogP contribution in [0.5, 0.6) is 0 Å². The first-order valence-corrected chi connectivity index (χ1v) is 8.04.